The highest BCUT2D eigenvalue weighted by Gasteiger charge is 2.06. The van der Waals surface area contributed by atoms with E-state index in [-0.39, 0.29) is 0 Å². The molecule has 0 unspecified atom stereocenters. The SMILES string of the molecule is CCOc1ccccc1Nc1cnnc(NCc2ccc(OC)cc2)n1. The lowest BCUT2D eigenvalue weighted by molar-refractivity contribution is 0.342. The molecule has 3 rings (SSSR count). The van der Waals surface area contributed by atoms with E-state index >= 15 is 0 Å². The van der Waals surface area contributed by atoms with Crippen LogP contribution in [-0.4, -0.2) is 28.9 Å². The van der Waals surface area contributed by atoms with Crippen LogP contribution in [0.1, 0.15) is 12.5 Å². The minimum absolute atomic E-state index is 0.444. The molecule has 7 nitrogen and oxygen atoms in total. The molecule has 1 heterocycles. The average molecular weight is 351 g/mol. The molecule has 0 atom stereocenters. The topological polar surface area (TPSA) is 81.2 Å². The van der Waals surface area contributed by atoms with Crippen molar-refractivity contribution in [1.29, 1.82) is 0 Å². The summed E-state index contributed by atoms with van der Waals surface area (Å²) in [7, 11) is 1.65. The van der Waals surface area contributed by atoms with Gasteiger partial charge in [0.15, 0.2) is 5.82 Å². The monoisotopic (exact) mass is 351 g/mol. The summed E-state index contributed by atoms with van der Waals surface area (Å²) < 4.78 is 10.8. The fraction of sp³-hybridized carbons (Fsp3) is 0.211. The van der Waals surface area contributed by atoms with Crippen molar-refractivity contribution in [2.45, 2.75) is 13.5 Å². The van der Waals surface area contributed by atoms with E-state index in [9.17, 15) is 0 Å². The van der Waals surface area contributed by atoms with Gasteiger partial charge in [0.1, 0.15) is 11.5 Å². The fourth-order valence-electron chi connectivity index (χ4n) is 2.35. The summed E-state index contributed by atoms with van der Waals surface area (Å²) in [5.41, 5.74) is 1.92. The van der Waals surface area contributed by atoms with Gasteiger partial charge in [-0.1, -0.05) is 24.3 Å². The van der Waals surface area contributed by atoms with Gasteiger partial charge in [-0.15, -0.1) is 5.10 Å². The lowest BCUT2D eigenvalue weighted by Gasteiger charge is -2.12. The average Bonchev–Trinajstić information content (AvgIpc) is 2.69. The molecule has 2 N–H and O–H groups in total. The Balaban J connectivity index is 1.66. The van der Waals surface area contributed by atoms with E-state index in [1.807, 2.05) is 55.5 Å². The Morgan fingerprint density at radius 1 is 1.04 bits per heavy atom. The predicted octanol–water partition coefficient (Wildman–Crippen LogP) is 3.63. The van der Waals surface area contributed by atoms with Crippen molar-refractivity contribution in [2.24, 2.45) is 0 Å². The standard InChI is InChI=1S/C19H21N5O2/c1-3-26-17-7-5-4-6-16(17)22-18-13-21-24-19(23-18)20-12-14-8-10-15(25-2)11-9-14/h4-11,13H,3,12H2,1-2H3,(H2,20,22,23,24). The summed E-state index contributed by atoms with van der Waals surface area (Å²) in [5.74, 6) is 2.62. The number of para-hydroxylation sites is 2. The van der Waals surface area contributed by atoms with Crippen LogP contribution < -0.4 is 20.1 Å². The summed E-state index contributed by atoms with van der Waals surface area (Å²) >= 11 is 0. The molecule has 0 amide bonds. The Morgan fingerprint density at radius 3 is 2.62 bits per heavy atom. The van der Waals surface area contributed by atoms with E-state index in [0.29, 0.717) is 24.9 Å². The second-order valence-corrected chi connectivity index (χ2v) is 5.42. The van der Waals surface area contributed by atoms with Gasteiger partial charge in [0.2, 0.25) is 5.95 Å². The van der Waals surface area contributed by atoms with Crippen LogP contribution in [0.15, 0.2) is 54.7 Å². The Kier molecular flexibility index (Phi) is 5.82. The zero-order valence-corrected chi connectivity index (χ0v) is 14.8. The molecule has 0 spiro atoms. The van der Waals surface area contributed by atoms with Gasteiger partial charge < -0.3 is 20.1 Å². The van der Waals surface area contributed by atoms with Gasteiger partial charge >= 0.3 is 0 Å². The highest BCUT2D eigenvalue weighted by molar-refractivity contribution is 5.63. The Labute approximate surface area is 152 Å². The molecular formula is C19H21N5O2. The van der Waals surface area contributed by atoms with Crippen LogP contribution >= 0.6 is 0 Å². The minimum atomic E-state index is 0.444. The highest BCUT2D eigenvalue weighted by Crippen LogP contribution is 2.26. The highest BCUT2D eigenvalue weighted by atomic mass is 16.5. The van der Waals surface area contributed by atoms with Gasteiger partial charge in [-0.05, 0) is 36.8 Å². The first-order valence-electron chi connectivity index (χ1n) is 8.34. The van der Waals surface area contributed by atoms with Gasteiger partial charge in [-0.3, -0.25) is 0 Å². The van der Waals surface area contributed by atoms with E-state index < -0.39 is 0 Å². The lowest BCUT2D eigenvalue weighted by atomic mass is 10.2. The van der Waals surface area contributed by atoms with Crippen LogP contribution in [0.5, 0.6) is 11.5 Å². The van der Waals surface area contributed by atoms with Gasteiger partial charge in [0.25, 0.3) is 0 Å². The van der Waals surface area contributed by atoms with E-state index in [0.717, 1.165) is 22.7 Å². The maximum absolute atomic E-state index is 5.61. The van der Waals surface area contributed by atoms with E-state index in [4.69, 9.17) is 9.47 Å². The first kappa shape index (κ1) is 17.5. The molecule has 0 radical (unpaired) electrons. The van der Waals surface area contributed by atoms with Crippen LogP contribution in [0.2, 0.25) is 0 Å². The minimum Gasteiger partial charge on any atom is -0.497 e. The molecule has 0 aliphatic carbocycles. The molecule has 0 aliphatic rings. The van der Waals surface area contributed by atoms with Crippen LogP contribution in [0.4, 0.5) is 17.5 Å². The summed E-state index contributed by atoms with van der Waals surface area (Å²) in [6.45, 7) is 3.13. The van der Waals surface area contributed by atoms with Crippen molar-refractivity contribution >= 4 is 17.5 Å². The second kappa shape index (κ2) is 8.66. The molecule has 0 saturated heterocycles. The maximum Gasteiger partial charge on any atom is 0.244 e. The van der Waals surface area contributed by atoms with Crippen molar-refractivity contribution in [3.05, 3.63) is 60.3 Å². The van der Waals surface area contributed by atoms with Crippen LogP contribution in [0, 0.1) is 0 Å². The number of ether oxygens (including phenoxy) is 2. The summed E-state index contributed by atoms with van der Waals surface area (Å²) in [6.07, 6.45) is 1.57. The summed E-state index contributed by atoms with van der Waals surface area (Å²) in [4.78, 5) is 4.44. The number of aromatic nitrogens is 3. The summed E-state index contributed by atoms with van der Waals surface area (Å²) in [6, 6.07) is 15.5. The molecule has 26 heavy (non-hydrogen) atoms. The molecule has 0 aliphatic heterocycles. The molecule has 0 bridgehead atoms. The Bertz CT molecular complexity index is 839. The molecule has 2 aromatic carbocycles. The molecule has 1 aromatic heterocycles. The quantitative estimate of drug-likeness (QED) is 0.641. The molecule has 134 valence electrons. The van der Waals surface area contributed by atoms with Crippen molar-refractivity contribution in [2.75, 3.05) is 24.4 Å². The van der Waals surface area contributed by atoms with Crippen LogP contribution in [0.3, 0.4) is 0 Å². The lowest BCUT2D eigenvalue weighted by Crippen LogP contribution is -2.07. The smallest absolute Gasteiger partial charge is 0.244 e. The van der Waals surface area contributed by atoms with Gasteiger partial charge in [-0.25, -0.2) is 0 Å². The third kappa shape index (κ3) is 4.60. The Hall–Kier alpha value is -3.35. The van der Waals surface area contributed by atoms with E-state index in [1.165, 1.54) is 0 Å². The third-order valence-electron chi connectivity index (χ3n) is 3.62. The molecule has 7 heteroatoms. The predicted molar refractivity (Wildman–Crippen MR) is 101 cm³/mol. The second-order valence-electron chi connectivity index (χ2n) is 5.42. The van der Waals surface area contributed by atoms with Gasteiger partial charge in [0.05, 0.1) is 25.6 Å². The summed E-state index contributed by atoms with van der Waals surface area (Å²) in [5, 5.41) is 14.4. The van der Waals surface area contributed by atoms with Crippen LogP contribution in [0.25, 0.3) is 0 Å². The number of benzene rings is 2. The van der Waals surface area contributed by atoms with Crippen molar-refractivity contribution in [3.8, 4) is 11.5 Å². The van der Waals surface area contributed by atoms with E-state index in [2.05, 4.69) is 25.8 Å². The Morgan fingerprint density at radius 2 is 1.85 bits per heavy atom. The number of hydrogen-bond acceptors (Lipinski definition) is 7. The normalized spacial score (nSPS) is 10.2. The largest absolute Gasteiger partial charge is 0.497 e. The first-order valence-corrected chi connectivity index (χ1v) is 8.34. The first-order chi connectivity index (χ1) is 12.8. The molecular weight excluding hydrogens is 330 g/mol. The molecule has 0 saturated carbocycles. The van der Waals surface area contributed by atoms with Crippen LogP contribution in [-0.2, 0) is 6.54 Å². The van der Waals surface area contributed by atoms with E-state index in [1.54, 1.807) is 13.3 Å². The zero-order chi connectivity index (χ0) is 18.2. The third-order valence-corrected chi connectivity index (χ3v) is 3.62. The van der Waals surface area contributed by atoms with Crippen molar-refractivity contribution in [1.82, 2.24) is 15.2 Å². The zero-order valence-electron chi connectivity index (χ0n) is 14.8. The van der Waals surface area contributed by atoms with Gasteiger partial charge in [0, 0.05) is 6.54 Å². The molecule has 0 fully saturated rings. The number of nitrogens with zero attached hydrogens (tertiary/aromatic N) is 3. The maximum atomic E-state index is 5.61. The number of methoxy groups -OCH3 is 1. The number of anilines is 3. The molecule has 3 aromatic rings. The number of nitrogens with one attached hydrogen (secondary N) is 2. The number of rotatable bonds is 8. The van der Waals surface area contributed by atoms with Gasteiger partial charge in [-0.2, -0.15) is 10.1 Å². The number of hydrogen-bond donors (Lipinski definition) is 2. The van der Waals surface area contributed by atoms with Crippen molar-refractivity contribution < 1.29 is 9.47 Å². The van der Waals surface area contributed by atoms with Crippen molar-refractivity contribution in [3.63, 3.8) is 0 Å². The fourth-order valence-corrected chi connectivity index (χ4v) is 2.35.